The van der Waals surface area contributed by atoms with Crippen molar-refractivity contribution in [3.8, 4) is 69.0 Å². The SMILES string of the molecule is CN(C)P(=NOc1ccccc1)(N(C(Oc1ccccc1)Oc1ccccc1)C(Oc1ccccc1)(Oc1ccccc1)Oc1ccccc1)N(C(Oc1ccccc1)(Oc1ccccc1)Oc1ccccc1)C(Oc1ccccc1)(Oc1ccccc1)Oc1ccccc1. The summed E-state index contributed by atoms with van der Waals surface area (Å²) in [6, 6.07) is 108. The number of benzene rings is 12. The van der Waals surface area contributed by atoms with Crippen molar-refractivity contribution >= 4 is 7.51 Å². The third kappa shape index (κ3) is 15.8. The van der Waals surface area contributed by atoms with E-state index in [4.69, 9.17) is 61.9 Å². The van der Waals surface area contributed by atoms with Crippen molar-refractivity contribution in [2.75, 3.05) is 14.1 Å². The van der Waals surface area contributed by atoms with Crippen LogP contribution in [0.15, 0.2) is 369 Å². The summed E-state index contributed by atoms with van der Waals surface area (Å²) in [5.74, 6) is 2.46. The Hall–Kier alpha value is -11.7. The molecule has 0 saturated carbocycles. The molecule has 0 aromatic heterocycles. The van der Waals surface area contributed by atoms with Crippen LogP contribution in [0.4, 0.5) is 0 Å². The highest BCUT2D eigenvalue weighted by atomic mass is 31.2. The van der Waals surface area contributed by atoms with E-state index in [1.165, 1.54) is 9.34 Å². The summed E-state index contributed by atoms with van der Waals surface area (Å²) in [4.78, 5) is 13.0. The van der Waals surface area contributed by atoms with Gasteiger partial charge in [0.1, 0.15) is 63.2 Å². The summed E-state index contributed by atoms with van der Waals surface area (Å²) in [6.07, 6.45) is -10.8. The molecule has 0 bridgehead atoms. The molecule has 17 heteroatoms. The molecule has 0 aliphatic rings. The highest BCUT2D eigenvalue weighted by Gasteiger charge is 2.76. The maximum atomic E-state index is 7.83. The van der Waals surface area contributed by atoms with Gasteiger partial charge in [-0.1, -0.05) is 228 Å². The van der Waals surface area contributed by atoms with Crippen LogP contribution in [-0.4, -0.2) is 52.8 Å². The highest BCUT2D eigenvalue weighted by Crippen LogP contribution is 2.68. The molecule has 0 radical (unpaired) electrons. The lowest BCUT2D eigenvalue weighted by atomic mass is 10.3. The second-order valence-corrected chi connectivity index (χ2v) is 23.9. The second-order valence-electron chi connectivity index (χ2n) is 21.0. The lowest BCUT2D eigenvalue weighted by molar-refractivity contribution is -0.433. The van der Waals surface area contributed by atoms with Gasteiger partial charge in [-0.25, -0.2) is 4.67 Å². The number of nitrogens with zero attached hydrogens (tertiary/aromatic N) is 4. The van der Waals surface area contributed by atoms with Gasteiger partial charge >= 0.3 is 24.7 Å². The Balaban J connectivity index is 1.37. The van der Waals surface area contributed by atoms with Crippen LogP contribution < -0.4 is 56.9 Å². The molecule has 0 aliphatic heterocycles. The average Bonchev–Trinajstić information content (AvgIpc) is 0.692. The first kappa shape index (κ1) is 63.5. The van der Waals surface area contributed by atoms with Gasteiger partial charge in [-0.15, -0.1) is 0 Å². The summed E-state index contributed by atoms with van der Waals surface area (Å²) in [5, 5.41) is 0. The van der Waals surface area contributed by atoms with E-state index in [1.807, 2.05) is 218 Å². The van der Waals surface area contributed by atoms with Crippen molar-refractivity contribution < 1.29 is 56.9 Å². The molecular weight excluding hydrogens is 1220 g/mol. The summed E-state index contributed by atoms with van der Waals surface area (Å²) in [6.45, 7) is 0. The van der Waals surface area contributed by atoms with Gasteiger partial charge in [0, 0.05) is 0 Å². The zero-order chi connectivity index (χ0) is 64.9. The predicted octanol–water partition coefficient (Wildman–Crippen LogP) is 18.1. The Kier molecular flexibility index (Phi) is 20.5. The van der Waals surface area contributed by atoms with E-state index in [9.17, 15) is 0 Å². The van der Waals surface area contributed by atoms with Crippen LogP contribution in [0.3, 0.4) is 0 Å². The quantitative estimate of drug-likeness (QED) is 0.0232. The van der Waals surface area contributed by atoms with Crippen LogP contribution in [0.25, 0.3) is 0 Å². The lowest BCUT2D eigenvalue weighted by Gasteiger charge is -2.56. The highest BCUT2D eigenvalue weighted by molar-refractivity contribution is 7.59. The Labute approximate surface area is 552 Å². The smallest absolute Gasteiger partial charge is 0.441 e. The molecule has 476 valence electrons. The molecule has 0 spiro atoms. The molecule has 0 saturated heterocycles. The summed E-state index contributed by atoms with van der Waals surface area (Å²) < 4.78 is 90.1. The molecule has 0 aliphatic carbocycles. The zero-order valence-electron chi connectivity index (χ0n) is 51.9. The maximum absolute atomic E-state index is 7.83. The van der Waals surface area contributed by atoms with Gasteiger partial charge in [0.25, 0.3) is 0 Å². The van der Waals surface area contributed by atoms with E-state index in [2.05, 4.69) is 0 Å². The minimum atomic E-state index is -5.35. The van der Waals surface area contributed by atoms with E-state index in [0.717, 1.165) is 0 Å². The van der Waals surface area contributed by atoms with Crippen LogP contribution in [0.2, 0.25) is 0 Å². The molecule has 0 fully saturated rings. The monoisotopic (exact) mass is 1280 g/mol. The van der Waals surface area contributed by atoms with E-state index in [-0.39, 0.29) is 69.0 Å². The van der Waals surface area contributed by atoms with Crippen molar-refractivity contribution in [3.05, 3.63) is 364 Å². The molecule has 0 amide bonds. The van der Waals surface area contributed by atoms with Crippen LogP contribution in [-0.2, 0) is 0 Å². The fourth-order valence-corrected chi connectivity index (χ4v) is 12.9. The molecule has 16 nitrogen and oxygen atoms in total. The summed E-state index contributed by atoms with van der Waals surface area (Å²) in [5.41, 5.74) is 0. The second kappa shape index (κ2) is 30.6. The van der Waals surface area contributed by atoms with Gasteiger partial charge in [-0.3, -0.25) is 0 Å². The Morgan fingerprint density at radius 2 is 0.421 bits per heavy atom. The third-order valence-electron chi connectivity index (χ3n) is 14.0. The van der Waals surface area contributed by atoms with Crippen molar-refractivity contribution in [2.24, 2.45) is 4.91 Å². The number of para-hydroxylation sites is 12. The van der Waals surface area contributed by atoms with Crippen molar-refractivity contribution in [3.63, 3.8) is 0 Å². The molecule has 1 atom stereocenters. The normalized spacial score (nSPS) is 12.1. The van der Waals surface area contributed by atoms with Crippen LogP contribution in [0.1, 0.15) is 0 Å². The molecule has 95 heavy (non-hydrogen) atoms. The molecule has 0 N–H and O–H groups in total. The van der Waals surface area contributed by atoms with Gasteiger partial charge < -0.3 is 56.9 Å². The zero-order valence-corrected chi connectivity index (χ0v) is 52.7. The fourth-order valence-electron chi connectivity index (χ4n) is 9.80. The standard InChI is InChI=1S/C78H67N4O12P/c1-80(2)95(79-94-74-61-37-14-38-62-74,81(75(83-63-39-15-3-16-40-63)84-64-41-17-4-18-42-64)76(85-65-43-19-5-20-44-65,86-66-45-21-6-22-46-66)87-67-47-23-7-24-48-67)82(77(88-68-49-25-8-26-50-68,89-69-51-27-9-28-52-69)90-70-53-29-10-30-54-70)78(91-71-55-31-11-32-56-71,92-72-57-33-12-34-58-72)93-73-59-35-13-36-60-73/h3-62,75H,1-2H3. The molecular formula is C78H67N4O12P. The fraction of sp³-hybridized carbons (Fsp3) is 0.0769. The minimum Gasteiger partial charge on any atom is -0.441 e. The first-order valence-corrected chi connectivity index (χ1v) is 32.1. The molecule has 12 aromatic rings. The van der Waals surface area contributed by atoms with Gasteiger partial charge in [-0.05, 0) is 164 Å². The van der Waals surface area contributed by atoms with Crippen molar-refractivity contribution in [1.29, 1.82) is 0 Å². The molecule has 0 heterocycles. The Bertz CT molecular complexity index is 3780. The number of ether oxygens (including phenoxy) is 11. The first-order valence-electron chi connectivity index (χ1n) is 30.5. The van der Waals surface area contributed by atoms with Gasteiger partial charge in [0.2, 0.25) is 7.51 Å². The number of hydrogen-bond acceptors (Lipinski definition) is 13. The van der Waals surface area contributed by atoms with E-state index in [1.54, 1.807) is 164 Å². The minimum absolute atomic E-state index is 0.176. The summed E-state index contributed by atoms with van der Waals surface area (Å²) >= 11 is 0. The van der Waals surface area contributed by atoms with E-state index in [0.29, 0.717) is 0 Å². The van der Waals surface area contributed by atoms with Gasteiger partial charge in [0.15, 0.2) is 5.75 Å². The van der Waals surface area contributed by atoms with Gasteiger partial charge in [-0.2, -0.15) is 0 Å². The van der Waals surface area contributed by atoms with Crippen LogP contribution in [0, 0.1) is 0 Å². The van der Waals surface area contributed by atoms with E-state index < -0.39 is 32.2 Å². The third-order valence-corrected chi connectivity index (χ3v) is 17.4. The topological polar surface area (TPSA) is 133 Å². The number of hydrogen-bond donors (Lipinski definition) is 0. The van der Waals surface area contributed by atoms with Crippen LogP contribution >= 0.6 is 7.51 Å². The maximum Gasteiger partial charge on any atom is 0.511 e. The predicted molar refractivity (Wildman–Crippen MR) is 364 cm³/mol. The average molecular weight is 1280 g/mol. The van der Waals surface area contributed by atoms with E-state index >= 15 is 0 Å². The Morgan fingerprint density at radius 3 is 0.621 bits per heavy atom. The van der Waals surface area contributed by atoms with Gasteiger partial charge in [0.05, 0.1) is 0 Å². The van der Waals surface area contributed by atoms with Crippen molar-refractivity contribution in [1.82, 2.24) is 14.0 Å². The molecule has 1 unspecified atom stereocenters. The molecule has 12 aromatic carbocycles. The first-order chi connectivity index (χ1) is 46.8. The van der Waals surface area contributed by atoms with Crippen LogP contribution in [0.5, 0.6) is 69.0 Å². The molecule has 12 rings (SSSR count). The Morgan fingerprint density at radius 1 is 0.242 bits per heavy atom. The lowest BCUT2D eigenvalue weighted by Crippen LogP contribution is -2.77. The number of rotatable bonds is 31. The summed E-state index contributed by atoms with van der Waals surface area (Å²) in [7, 11) is -1.85. The van der Waals surface area contributed by atoms with Crippen molar-refractivity contribution in [2.45, 2.75) is 24.7 Å². The largest absolute Gasteiger partial charge is 0.511 e.